The minimum atomic E-state index is -3.95. The van der Waals surface area contributed by atoms with Crippen molar-refractivity contribution in [1.82, 2.24) is 9.79 Å². The van der Waals surface area contributed by atoms with E-state index in [1.165, 1.54) is 23.9 Å². The number of carbonyl (C=O) groups excluding carboxylic acids is 1. The van der Waals surface area contributed by atoms with E-state index in [0.717, 1.165) is 4.31 Å². The Balaban J connectivity index is 2.36. The van der Waals surface area contributed by atoms with E-state index in [2.05, 4.69) is 11.8 Å². The molecule has 0 aliphatic carbocycles. The second-order valence-corrected chi connectivity index (χ2v) is 10.7. The number of benzene rings is 1. The summed E-state index contributed by atoms with van der Waals surface area (Å²) in [4.78, 5) is 12.3. The third-order valence-corrected chi connectivity index (χ3v) is 7.39. The van der Waals surface area contributed by atoms with Crippen LogP contribution in [-0.2, 0) is 14.8 Å². The van der Waals surface area contributed by atoms with Gasteiger partial charge in [0.15, 0.2) is 0 Å². The first-order valence-corrected chi connectivity index (χ1v) is 10.7. The van der Waals surface area contributed by atoms with Crippen molar-refractivity contribution in [3.8, 4) is 17.6 Å². The van der Waals surface area contributed by atoms with E-state index >= 15 is 0 Å². The molecule has 7 nitrogen and oxygen atoms in total. The highest BCUT2D eigenvalue weighted by Crippen LogP contribution is 2.41. The van der Waals surface area contributed by atoms with E-state index in [0.29, 0.717) is 5.75 Å². The molecular formula is C18H24N2O5S2. The third-order valence-electron chi connectivity index (χ3n) is 4.17. The van der Waals surface area contributed by atoms with Gasteiger partial charge in [-0.25, -0.2) is 13.9 Å². The number of hydroxylamine groups is 1. The lowest BCUT2D eigenvalue weighted by atomic mass is 10.0. The first kappa shape index (κ1) is 21.6. The molecule has 0 saturated carbocycles. The van der Waals surface area contributed by atoms with Gasteiger partial charge in [0.2, 0.25) is 10.0 Å². The number of nitrogens with one attached hydrogen (secondary N) is 1. The summed E-state index contributed by atoms with van der Waals surface area (Å²) in [5, 5.41) is 9.11. The standard InChI is InChI=1S/C18H24N2O5S2/c1-5-6-11-25-14-7-9-15(10-8-14)27(23,24)20-12-13(2)26-18(3,4)16(20)17(21)19-22/h7-10,13,16,22H,11-12H2,1-4H3,(H,19,21)/t13-,16-/m0/s1. The number of ether oxygens (including phenoxy) is 1. The topological polar surface area (TPSA) is 95.9 Å². The minimum Gasteiger partial charge on any atom is -0.481 e. The number of rotatable bonds is 5. The molecule has 0 bridgehead atoms. The highest BCUT2D eigenvalue weighted by molar-refractivity contribution is 8.01. The van der Waals surface area contributed by atoms with Gasteiger partial charge in [0.25, 0.3) is 5.91 Å². The van der Waals surface area contributed by atoms with Crippen molar-refractivity contribution in [3.05, 3.63) is 24.3 Å². The van der Waals surface area contributed by atoms with Gasteiger partial charge >= 0.3 is 0 Å². The third kappa shape index (κ3) is 4.76. The van der Waals surface area contributed by atoms with Gasteiger partial charge in [-0.15, -0.1) is 17.7 Å². The van der Waals surface area contributed by atoms with Crippen molar-refractivity contribution in [2.75, 3.05) is 13.2 Å². The molecule has 148 valence electrons. The number of sulfonamides is 1. The van der Waals surface area contributed by atoms with Crippen LogP contribution in [0.3, 0.4) is 0 Å². The van der Waals surface area contributed by atoms with Gasteiger partial charge in [-0.1, -0.05) is 12.8 Å². The molecule has 1 aliphatic heterocycles. The summed E-state index contributed by atoms with van der Waals surface area (Å²) in [6, 6.07) is 4.95. The Morgan fingerprint density at radius 3 is 2.59 bits per heavy atom. The number of thioether (sulfide) groups is 1. The van der Waals surface area contributed by atoms with Crippen LogP contribution in [0.5, 0.6) is 5.75 Å². The van der Waals surface area contributed by atoms with E-state index in [-0.39, 0.29) is 23.3 Å². The number of hydrogen-bond donors (Lipinski definition) is 2. The lowest BCUT2D eigenvalue weighted by Crippen LogP contribution is -2.62. The molecule has 1 aromatic rings. The first-order chi connectivity index (χ1) is 12.6. The molecule has 1 saturated heterocycles. The van der Waals surface area contributed by atoms with Crippen molar-refractivity contribution in [2.45, 2.75) is 48.6 Å². The SMILES string of the molecule is CC#CCOc1ccc(S(=O)(=O)N2C[C@H](C)SC(C)(C)[C@@H]2C(=O)NO)cc1. The maximum absolute atomic E-state index is 13.2. The molecule has 0 radical (unpaired) electrons. The predicted molar refractivity (Wildman–Crippen MR) is 104 cm³/mol. The quantitative estimate of drug-likeness (QED) is 0.435. The zero-order chi connectivity index (χ0) is 20.2. The molecule has 0 unspecified atom stereocenters. The monoisotopic (exact) mass is 412 g/mol. The number of nitrogens with zero attached hydrogens (tertiary/aromatic N) is 1. The molecule has 0 spiro atoms. The van der Waals surface area contributed by atoms with Crippen LogP contribution in [0.4, 0.5) is 0 Å². The van der Waals surface area contributed by atoms with E-state index in [9.17, 15) is 13.2 Å². The van der Waals surface area contributed by atoms with Crippen LogP contribution in [0.25, 0.3) is 0 Å². The van der Waals surface area contributed by atoms with Gasteiger partial charge in [-0.3, -0.25) is 10.0 Å². The summed E-state index contributed by atoms with van der Waals surface area (Å²) < 4.78 is 32.3. The zero-order valence-corrected chi connectivity index (χ0v) is 17.4. The van der Waals surface area contributed by atoms with Gasteiger partial charge < -0.3 is 4.74 Å². The Morgan fingerprint density at radius 1 is 1.41 bits per heavy atom. The fraction of sp³-hybridized carbons (Fsp3) is 0.500. The van der Waals surface area contributed by atoms with Gasteiger partial charge in [0.05, 0.1) is 4.90 Å². The largest absolute Gasteiger partial charge is 0.481 e. The zero-order valence-electron chi connectivity index (χ0n) is 15.7. The van der Waals surface area contributed by atoms with E-state index in [1.54, 1.807) is 38.4 Å². The Hall–Kier alpha value is -1.73. The normalized spacial score (nSPS) is 22.4. The Kier molecular flexibility index (Phi) is 6.81. The molecule has 1 fully saturated rings. The molecule has 2 rings (SSSR count). The second-order valence-electron chi connectivity index (χ2n) is 6.67. The predicted octanol–water partition coefficient (Wildman–Crippen LogP) is 1.87. The summed E-state index contributed by atoms with van der Waals surface area (Å²) >= 11 is 1.51. The van der Waals surface area contributed by atoms with E-state index in [4.69, 9.17) is 9.94 Å². The van der Waals surface area contributed by atoms with Crippen LogP contribution in [-0.4, -0.2) is 53.0 Å². The van der Waals surface area contributed by atoms with Crippen LogP contribution in [0.2, 0.25) is 0 Å². The summed E-state index contributed by atoms with van der Waals surface area (Å²) in [6.07, 6.45) is 0. The maximum atomic E-state index is 13.2. The van der Waals surface area contributed by atoms with Crippen LogP contribution in [0.1, 0.15) is 27.7 Å². The number of hydrogen-bond acceptors (Lipinski definition) is 6. The van der Waals surface area contributed by atoms with Gasteiger partial charge in [0.1, 0.15) is 18.4 Å². The van der Waals surface area contributed by atoms with Crippen molar-refractivity contribution >= 4 is 27.7 Å². The Labute approximate surface area is 164 Å². The maximum Gasteiger partial charge on any atom is 0.263 e. The van der Waals surface area contributed by atoms with Crippen LogP contribution in [0, 0.1) is 11.8 Å². The lowest BCUT2D eigenvalue weighted by Gasteiger charge is -2.46. The minimum absolute atomic E-state index is 0.00672. The molecule has 1 aliphatic rings. The van der Waals surface area contributed by atoms with Gasteiger partial charge in [-0.2, -0.15) is 4.31 Å². The second kappa shape index (κ2) is 8.52. The van der Waals surface area contributed by atoms with Crippen molar-refractivity contribution in [2.24, 2.45) is 0 Å². The van der Waals surface area contributed by atoms with Crippen LogP contribution in [0.15, 0.2) is 29.2 Å². The Bertz CT molecular complexity index is 841. The summed E-state index contributed by atoms with van der Waals surface area (Å²) in [5.74, 6) is 5.23. The first-order valence-electron chi connectivity index (χ1n) is 8.39. The molecule has 0 aromatic heterocycles. The highest BCUT2D eigenvalue weighted by Gasteiger charge is 2.50. The average Bonchev–Trinajstić information content (AvgIpc) is 2.60. The van der Waals surface area contributed by atoms with Gasteiger partial charge in [0, 0.05) is 16.5 Å². The lowest BCUT2D eigenvalue weighted by molar-refractivity contribution is -0.134. The van der Waals surface area contributed by atoms with Crippen molar-refractivity contribution in [3.63, 3.8) is 0 Å². The smallest absolute Gasteiger partial charge is 0.263 e. The van der Waals surface area contributed by atoms with E-state index < -0.39 is 26.7 Å². The Morgan fingerprint density at radius 2 is 2.04 bits per heavy atom. The fourth-order valence-corrected chi connectivity index (χ4v) is 6.71. The van der Waals surface area contributed by atoms with Crippen LogP contribution >= 0.6 is 11.8 Å². The molecular weight excluding hydrogens is 388 g/mol. The molecule has 1 aromatic carbocycles. The average molecular weight is 413 g/mol. The van der Waals surface area contributed by atoms with E-state index in [1.807, 2.05) is 6.92 Å². The highest BCUT2D eigenvalue weighted by atomic mass is 32.2. The molecule has 1 heterocycles. The van der Waals surface area contributed by atoms with Gasteiger partial charge in [-0.05, 0) is 45.0 Å². The van der Waals surface area contributed by atoms with Crippen molar-refractivity contribution < 1.29 is 23.2 Å². The molecule has 27 heavy (non-hydrogen) atoms. The van der Waals surface area contributed by atoms with Crippen molar-refractivity contribution in [1.29, 1.82) is 0 Å². The number of carbonyl (C=O) groups is 1. The molecule has 2 atom stereocenters. The fourth-order valence-electron chi connectivity index (χ4n) is 3.11. The number of amides is 1. The summed E-state index contributed by atoms with van der Waals surface area (Å²) in [5.41, 5.74) is 1.61. The molecule has 1 amide bonds. The summed E-state index contributed by atoms with van der Waals surface area (Å²) in [7, 11) is -3.95. The van der Waals surface area contributed by atoms with Crippen LogP contribution < -0.4 is 10.2 Å². The molecule has 2 N–H and O–H groups in total. The molecule has 9 heteroatoms. The summed E-state index contributed by atoms with van der Waals surface area (Å²) in [6.45, 7) is 7.59.